The van der Waals surface area contributed by atoms with Gasteiger partial charge in [-0.1, -0.05) is 12.7 Å². The van der Waals surface area contributed by atoms with Gasteiger partial charge in [0.2, 0.25) is 0 Å². The van der Waals surface area contributed by atoms with Gasteiger partial charge in [0.1, 0.15) is 6.61 Å². The highest BCUT2D eigenvalue weighted by Crippen LogP contribution is 2.27. The maximum absolute atomic E-state index is 10.8. The van der Waals surface area contributed by atoms with Crippen molar-refractivity contribution in [3.8, 4) is 11.5 Å². The molecule has 0 aromatic heterocycles. The van der Waals surface area contributed by atoms with Gasteiger partial charge in [0.25, 0.3) is 0 Å². The predicted octanol–water partition coefficient (Wildman–Crippen LogP) is 1.95. The van der Waals surface area contributed by atoms with Crippen LogP contribution in [0.25, 0.3) is 0 Å². The Morgan fingerprint density at radius 1 is 1.42 bits per heavy atom. The van der Waals surface area contributed by atoms with Gasteiger partial charge in [-0.2, -0.15) is 5.10 Å². The monoisotopic (exact) mass is 264 g/mol. The summed E-state index contributed by atoms with van der Waals surface area (Å²) >= 11 is 0. The van der Waals surface area contributed by atoms with Crippen LogP contribution in [0.2, 0.25) is 0 Å². The van der Waals surface area contributed by atoms with Crippen LogP contribution in [0, 0.1) is 0 Å². The number of nitrogens with zero attached hydrogens (tertiary/aromatic N) is 1. The lowest BCUT2D eigenvalue weighted by Gasteiger charge is -2.09. The van der Waals surface area contributed by atoms with E-state index < -0.39 is 6.09 Å². The number of benzene rings is 1. The van der Waals surface area contributed by atoms with Crippen LogP contribution in [0.4, 0.5) is 4.79 Å². The molecule has 0 radical (unpaired) electrons. The first-order valence-electron chi connectivity index (χ1n) is 5.50. The number of methoxy groups -OCH3 is 2. The lowest BCUT2D eigenvalue weighted by molar-refractivity contribution is 0.171. The van der Waals surface area contributed by atoms with Crippen molar-refractivity contribution in [1.82, 2.24) is 5.43 Å². The van der Waals surface area contributed by atoms with Crippen molar-refractivity contribution in [1.29, 1.82) is 0 Å². The molecule has 1 N–H and O–H groups in total. The molecule has 1 rings (SSSR count). The highest BCUT2D eigenvalue weighted by molar-refractivity contribution is 5.82. The molecule has 1 aromatic carbocycles. The molecule has 0 fully saturated rings. The normalized spacial score (nSPS) is 10.0. The van der Waals surface area contributed by atoms with E-state index in [9.17, 15) is 4.79 Å². The van der Waals surface area contributed by atoms with Crippen LogP contribution in [0.15, 0.2) is 36.0 Å². The molecular weight excluding hydrogens is 248 g/mol. The average molecular weight is 264 g/mol. The molecule has 0 aliphatic carbocycles. The second kappa shape index (κ2) is 7.75. The molecule has 0 heterocycles. The number of hydrogen-bond acceptors (Lipinski definition) is 5. The van der Waals surface area contributed by atoms with Gasteiger partial charge in [-0.25, -0.2) is 10.2 Å². The fraction of sp³-hybridized carbons (Fsp3) is 0.231. The average Bonchev–Trinajstić information content (AvgIpc) is 2.45. The van der Waals surface area contributed by atoms with Gasteiger partial charge in [0, 0.05) is 0 Å². The minimum atomic E-state index is -0.630. The number of hydrogen-bond donors (Lipinski definition) is 1. The third-order valence-corrected chi connectivity index (χ3v) is 2.10. The Balaban J connectivity index is 2.75. The van der Waals surface area contributed by atoms with Crippen molar-refractivity contribution in [2.45, 2.75) is 0 Å². The summed E-state index contributed by atoms with van der Waals surface area (Å²) < 4.78 is 15.0. The number of hydrazone groups is 1. The first-order valence-corrected chi connectivity index (χ1v) is 5.50. The number of ether oxygens (including phenoxy) is 3. The molecule has 6 nitrogen and oxygen atoms in total. The largest absolute Gasteiger partial charge is 0.493 e. The van der Waals surface area contributed by atoms with Crippen LogP contribution in [-0.4, -0.2) is 33.1 Å². The van der Waals surface area contributed by atoms with Crippen molar-refractivity contribution < 1.29 is 19.0 Å². The molecule has 0 saturated carbocycles. The molecule has 1 aromatic rings. The molecule has 6 heteroatoms. The third-order valence-electron chi connectivity index (χ3n) is 2.10. The zero-order valence-corrected chi connectivity index (χ0v) is 10.9. The van der Waals surface area contributed by atoms with Gasteiger partial charge in [-0.05, 0) is 23.8 Å². The Morgan fingerprint density at radius 3 is 2.84 bits per heavy atom. The summed E-state index contributed by atoms with van der Waals surface area (Å²) in [6.07, 6.45) is 2.49. The Morgan fingerprint density at radius 2 is 2.21 bits per heavy atom. The summed E-state index contributed by atoms with van der Waals surface area (Å²) in [7, 11) is 2.81. The van der Waals surface area contributed by atoms with Crippen LogP contribution in [0.1, 0.15) is 5.56 Å². The molecule has 0 spiro atoms. The van der Waals surface area contributed by atoms with Crippen LogP contribution in [0.3, 0.4) is 0 Å². The number of amides is 1. The number of rotatable bonds is 6. The first kappa shape index (κ1) is 14.6. The van der Waals surface area contributed by atoms with E-state index in [1.807, 2.05) is 0 Å². The molecule has 0 unspecified atom stereocenters. The fourth-order valence-electron chi connectivity index (χ4n) is 1.24. The lowest BCUT2D eigenvalue weighted by atomic mass is 10.2. The molecule has 0 atom stereocenters. The summed E-state index contributed by atoms with van der Waals surface area (Å²) in [5, 5.41) is 3.72. The summed E-state index contributed by atoms with van der Waals surface area (Å²) in [6, 6.07) is 5.27. The minimum Gasteiger partial charge on any atom is -0.493 e. The van der Waals surface area contributed by atoms with Gasteiger partial charge in [-0.15, -0.1) is 0 Å². The van der Waals surface area contributed by atoms with Gasteiger partial charge >= 0.3 is 6.09 Å². The molecule has 0 bridgehead atoms. The molecule has 0 aliphatic heterocycles. The maximum atomic E-state index is 10.8. The molecule has 0 aliphatic rings. The Bertz CT molecular complexity index is 472. The van der Waals surface area contributed by atoms with Gasteiger partial charge in [0.05, 0.1) is 20.4 Å². The van der Waals surface area contributed by atoms with Crippen molar-refractivity contribution in [3.63, 3.8) is 0 Å². The van der Waals surface area contributed by atoms with E-state index in [-0.39, 0.29) is 0 Å². The molecule has 19 heavy (non-hydrogen) atoms. The highest BCUT2D eigenvalue weighted by Gasteiger charge is 2.04. The predicted molar refractivity (Wildman–Crippen MR) is 71.8 cm³/mol. The van der Waals surface area contributed by atoms with Crippen molar-refractivity contribution in [3.05, 3.63) is 36.4 Å². The summed E-state index contributed by atoms with van der Waals surface area (Å²) in [4.78, 5) is 10.8. The SMILES string of the molecule is C=CCOc1ccc(/C=N/NC(=O)OC)cc1OC. The third kappa shape index (κ3) is 4.71. The second-order valence-electron chi connectivity index (χ2n) is 3.37. The second-order valence-corrected chi connectivity index (χ2v) is 3.37. The summed E-state index contributed by atoms with van der Waals surface area (Å²) in [5.74, 6) is 1.18. The van der Waals surface area contributed by atoms with Crippen LogP contribution in [-0.2, 0) is 4.74 Å². The minimum absolute atomic E-state index is 0.397. The van der Waals surface area contributed by atoms with E-state index >= 15 is 0 Å². The Kier molecular flexibility index (Phi) is 5.94. The summed E-state index contributed by atoms with van der Waals surface area (Å²) in [5.41, 5.74) is 2.94. The van der Waals surface area contributed by atoms with Crippen LogP contribution < -0.4 is 14.9 Å². The Labute approximate surface area is 111 Å². The van der Waals surface area contributed by atoms with Crippen molar-refractivity contribution in [2.24, 2.45) is 5.10 Å². The molecule has 1 amide bonds. The zero-order chi connectivity index (χ0) is 14.1. The van der Waals surface area contributed by atoms with Gasteiger partial charge in [0.15, 0.2) is 11.5 Å². The van der Waals surface area contributed by atoms with Gasteiger partial charge in [-0.3, -0.25) is 0 Å². The highest BCUT2D eigenvalue weighted by atomic mass is 16.5. The van der Waals surface area contributed by atoms with E-state index in [0.29, 0.717) is 18.1 Å². The number of carbonyl (C=O) groups is 1. The maximum Gasteiger partial charge on any atom is 0.427 e. The van der Waals surface area contributed by atoms with Crippen molar-refractivity contribution in [2.75, 3.05) is 20.8 Å². The first-order chi connectivity index (χ1) is 9.21. The molecule has 102 valence electrons. The van der Waals surface area contributed by atoms with Crippen LogP contribution >= 0.6 is 0 Å². The Hall–Kier alpha value is -2.50. The number of carbonyl (C=O) groups excluding carboxylic acids is 1. The van der Waals surface area contributed by atoms with Crippen molar-refractivity contribution >= 4 is 12.3 Å². The molecule has 0 saturated heterocycles. The van der Waals surface area contributed by atoms with E-state index in [1.54, 1.807) is 31.4 Å². The lowest BCUT2D eigenvalue weighted by Crippen LogP contribution is -2.16. The van der Waals surface area contributed by atoms with E-state index in [0.717, 1.165) is 5.56 Å². The quantitative estimate of drug-likeness (QED) is 0.484. The standard InChI is InChI=1S/C13H16N2O4/c1-4-7-19-11-6-5-10(8-12(11)17-2)9-14-15-13(16)18-3/h4-6,8-9H,1,7H2,2-3H3,(H,15,16)/b14-9+. The smallest absolute Gasteiger partial charge is 0.427 e. The fourth-order valence-corrected chi connectivity index (χ4v) is 1.24. The van der Waals surface area contributed by atoms with Crippen LogP contribution in [0.5, 0.6) is 11.5 Å². The van der Waals surface area contributed by atoms with E-state index in [2.05, 4.69) is 21.8 Å². The zero-order valence-electron chi connectivity index (χ0n) is 10.9. The van der Waals surface area contributed by atoms with Gasteiger partial charge < -0.3 is 14.2 Å². The number of nitrogens with one attached hydrogen (secondary N) is 1. The topological polar surface area (TPSA) is 69.2 Å². The summed E-state index contributed by atoms with van der Waals surface area (Å²) in [6.45, 7) is 3.97. The van der Waals surface area contributed by atoms with E-state index in [4.69, 9.17) is 9.47 Å². The molecular formula is C13H16N2O4. The van der Waals surface area contributed by atoms with E-state index in [1.165, 1.54) is 13.3 Å².